The van der Waals surface area contributed by atoms with E-state index in [1.54, 1.807) is 0 Å². The Morgan fingerprint density at radius 3 is 2.60 bits per heavy atom. The van der Waals surface area contributed by atoms with Crippen LogP contribution in [0, 0.1) is 21.3 Å². The lowest BCUT2D eigenvalue weighted by atomic mass is 9.93. The van der Waals surface area contributed by atoms with E-state index in [2.05, 4.69) is 24.1 Å². The highest BCUT2D eigenvalue weighted by Crippen LogP contribution is 2.20. The largest absolute Gasteiger partial charge is 0.312 e. The molecule has 0 radical (unpaired) electrons. The normalized spacial score (nSPS) is 11.9. The molecule has 0 aromatic heterocycles. The molecule has 20 heavy (non-hydrogen) atoms. The Kier molecular flexibility index (Phi) is 5.59. The van der Waals surface area contributed by atoms with Gasteiger partial charge in [-0.05, 0) is 31.6 Å². The minimum atomic E-state index is -0.485. The van der Waals surface area contributed by atoms with E-state index in [1.807, 2.05) is 14.1 Å². The molecule has 0 fully saturated rings. The molecule has 0 bridgehead atoms. The van der Waals surface area contributed by atoms with Crippen LogP contribution in [0.15, 0.2) is 18.2 Å². The molecule has 1 rings (SSSR count). The molecule has 1 aromatic rings. The zero-order chi connectivity index (χ0) is 15.3. The molecule has 0 spiro atoms. The maximum absolute atomic E-state index is 13.2. The van der Waals surface area contributed by atoms with Crippen LogP contribution < -0.4 is 5.32 Å². The average Bonchev–Trinajstić information content (AvgIpc) is 2.26. The highest BCUT2D eigenvalue weighted by atomic mass is 19.1. The van der Waals surface area contributed by atoms with Gasteiger partial charge >= 0.3 is 0 Å². The highest BCUT2D eigenvalue weighted by Gasteiger charge is 2.19. The van der Waals surface area contributed by atoms with Crippen molar-refractivity contribution in [2.75, 3.05) is 27.2 Å². The standard InChI is InChI=1S/C14H22FN3O2/c1-14(2,10-17(3)4)9-16-8-11-7-12(15)5-6-13(11)18(19)20/h5-7,16H,8-10H2,1-4H3. The zero-order valence-corrected chi connectivity index (χ0v) is 12.4. The highest BCUT2D eigenvalue weighted by molar-refractivity contribution is 5.40. The molecule has 6 heteroatoms. The van der Waals surface area contributed by atoms with Gasteiger partial charge in [0, 0.05) is 31.3 Å². The van der Waals surface area contributed by atoms with E-state index in [0.717, 1.165) is 12.6 Å². The number of benzene rings is 1. The first-order valence-electron chi connectivity index (χ1n) is 6.49. The second-order valence-corrected chi connectivity index (χ2v) is 6.04. The van der Waals surface area contributed by atoms with Crippen molar-refractivity contribution in [3.05, 3.63) is 39.7 Å². The van der Waals surface area contributed by atoms with Crippen molar-refractivity contribution < 1.29 is 9.31 Å². The molecule has 0 amide bonds. The Morgan fingerprint density at radius 2 is 2.05 bits per heavy atom. The van der Waals surface area contributed by atoms with E-state index in [0.29, 0.717) is 12.1 Å². The average molecular weight is 283 g/mol. The Labute approximate surface area is 118 Å². The quantitative estimate of drug-likeness (QED) is 0.616. The van der Waals surface area contributed by atoms with Gasteiger partial charge in [-0.15, -0.1) is 0 Å². The molecule has 0 saturated carbocycles. The Bertz CT molecular complexity index is 475. The van der Waals surface area contributed by atoms with Crippen LogP contribution in [-0.4, -0.2) is 37.0 Å². The molecule has 0 aliphatic rings. The number of nitrogens with zero attached hydrogens (tertiary/aromatic N) is 2. The predicted octanol–water partition coefficient (Wildman–Crippen LogP) is 2.41. The van der Waals surface area contributed by atoms with Crippen molar-refractivity contribution in [3.8, 4) is 0 Å². The first kappa shape index (κ1) is 16.5. The molecular formula is C14H22FN3O2. The van der Waals surface area contributed by atoms with Gasteiger partial charge in [0.25, 0.3) is 5.69 Å². The van der Waals surface area contributed by atoms with Gasteiger partial charge in [0.05, 0.1) is 4.92 Å². The van der Waals surface area contributed by atoms with Crippen LogP contribution in [0.5, 0.6) is 0 Å². The first-order chi connectivity index (χ1) is 9.21. The van der Waals surface area contributed by atoms with Gasteiger partial charge in [-0.2, -0.15) is 0 Å². The van der Waals surface area contributed by atoms with Crippen molar-refractivity contribution in [2.24, 2.45) is 5.41 Å². The molecule has 0 unspecified atom stereocenters. The van der Waals surface area contributed by atoms with Crippen LogP contribution in [0.2, 0.25) is 0 Å². The van der Waals surface area contributed by atoms with Crippen LogP contribution in [-0.2, 0) is 6.54 Å². The first-order valence-corrected chi connectivity index (χ1v) is 6.49. The number of nitro benzene ring substituents is 1. The van der Waals surface area contributed by atoms with Gasteiger partial charge in [0.1, 0.15) is 5.82 Å². The molecule has 1 N–H and O–H groups in total. The summed E-state index contributed by atoms with van der Waals surface area (Å²) < 4.78 is 13.2. The lowest BCUT2D eigenvalue weighted by Crippen LogP contribution is -2.37. The minimum Gasteiger partial charge on any atom is -0.312 e. The third kappa shape index (κ3) is 5.22. The summed E-state index contributed by atoms with van der Waals surface area (Å²) in [6.45, 7) is 6.09. The molecule has 0 aliphatic carbocycles. The Hall–Kier alpha value is -1.53. The molecule has 0 heterocycles. The van der Waals surface area contributed by atoms with Crippen LogP contribution in [0.3, 0.4) is 0 Å². The van der Waals surface area contributed by atoms with Crippen molar-refractivity contribution in [1.82, 2.24) is 10.2 Å². The maximum Gasteiger partial charge on any atom is 0.274 e. The SMILES string of the molecule is CN(C)CC(C)(C)CNCc1cc(F)ccc1[N+](=O)[O-]. The number of nitrogens with one attached hydrogen (secondary N) is 1. The second-order valence-electron chi connectivity index (χ2n) is 6.04. The summed E-state index contributed by atoms with van der Waals surface area (Å²) in [7, 11) is 4.00. The zero-order valence-electron chi connectivity index (χ0n) is 12.4. The van der Waals surface area contributed by atoms with Crippen molar-refractivity contribution in [1.29, 1.82) is 0 Å². The number of rotatable bonds is 7. The molecule has 5 nitrogen and oxygen atoms in total. The van der Waals surface area contributed by atoms with E-state index in [1.165, 1.54) is 12.1 Å². The van der Waals surface area contributed by atoms with Crippen LogP contribution in [0.25, 0.3) is 0 Å². The molecule has 112 valence electrons. The van der Waals surface area contributed by atoms with Crippen molar-refractivity contribution in [2.45, 2.75) is 20.4 Å². The number of nitro groups is 1. The van der Waals surface area contributed by atoms with Gasteiger partial charge in [-0.25, -0.2) is 4.39 Å². The van der Waals surface area contributed by atoms with E-state index in [9.17, 15) is 14.5 Å². The molecule has 0 aliphatic heterocycles. The smallest absolute Gasteiger partial charge is 0.274 e. The summed E-state index contributed by atoms with van der Waals surface area (Å²) in [6, 6.07) is 3.53. The van der Waals surface area contributed by atoms with Crippen molar-refractivity contribution >= 4 is 5.69 Å². The van der Waals surface area contributed by atoms with Crippen LogP contribution >= 0.6 is 0 Å². The summed E-state index contributed by atoms with van der Waals surface area (Å²) in [4.78, 5) is 12.5. The number of halogens is 1. The Morgan fingerprint density at radius 1 is 1.40 bits per heavy atom. The third-order valence-electron chi connectivity index (χ3n) is 2.90. The molecular weight excluding hydrogens is 261 g/mol. The maximum atomic E-state index is 13.2. The summed E-state index contributed by atoms with van der Waals surface area (Å²) in [5, 5.41) is 14.1. The third-order valence-corrected chi connectivity index (χ3v) is 2.90. The fourth-order valence-corrected chi connectivity index (χ4v) is 2.32. The van der Waals surface area contributed by atoms with E-state index >= 15 is 0 Å². The van der Waals surface area contributed by atoms with Crippen LogP contribution in [0.4, 0.5) is 10.1 Å². The van der Waals surface area contributed by atoms with Gasteiger partial charge < -0.3 is 10.2 Å². The molecule has 0 atom stereocenters. The topological polar surface area (TPSA) is 58.4 Å². The summed E-state index contributed by atoms with van der Waals surface area (Å²) in [6.07, 6.45) is 0. The summed E-state index contributed by atoms with van der Waals surface area (Å²) in [5.41, 5.74) is 0.353. The lowest BCUT2D eigenvalue weighted by Gasteiger charge is -2.28. The number of hydrogen-bond acceptors (Lipinski definition) is 4. The fraction of sp³-hybridized carbons (Fsp3) is 0.571. The van der Waals surface area contributed by atoms with E-state index in [-0.39, 0.29) is 17.6 Å². The Balaban J connectivity index is 2.66. The number of hydrogen-bond donors (Lipinski definition) is 1. The van der Waals surface area contributed by atoms with Gasteiger partial charge in [-0.1, -0.05) is 13.8 Å². The summed E-state index contributed by atoms with van der Waals surface area (Å²) in [5.74, 6) is -0.458. The van der Waals surface area contributed by atoms with Gasteiger partial charge in [0.2, 0.25) is 0 Å². The minimum absolute atomic E-state index is 0.0333. The van der Waals surface area contributed by atoms with E-state index < -0.39 is 10.7 Å². The van der Waals surface area contributed by atoms with Gasteiger partial charge in [-0.3, -0.25) is 10.1 Å². The fourth-order valence-electron chi connectivity index (χ4n) is 2.32. The summed E-state index contributed by atoms with van der Waals surface area (Å²) >= 11 is 0. The van der Waals surface area contributed by atoms with Crippen LogP contribution in [0.1, 0.15) is 19.4 Å². The van der Waals surface area contributed by atoms with Crippen molar-refractivity contribution in [3.63, 3.8) is 0 Å². The predicted molar refractivity (Wildman–Crippen MR) is 77.1 cm³/mol. The van der Waals surface area contributed by atoms with E-state index in [4.69, 9.17) is 0 Å². The monoisotopic (exact) mass is 283 g/mol. The molecule has 0 saturated heterocycles. The van der Waals surface area contributed by atoms with Gasteiger partial charge in [0.15, 0.2) is 0 Å². The lowest BCUT2D eigenvalue weighted by molar-refractivity contribution is -0.385. The second kappa shape index (κ2) is 6.76. The molecule has 1 aromatic carbocycles.